The number of hydrogen-bond acceptors (Lipinski definition) is 4. The van der Waals surface area contributed by atoms with Gasteiger partial charge in [-0.25, -0.2) is 8.42 Å². The first-order valence-corrected chi connectivity index (χ1v) is 7.59. The van der Waals surface area contributed by atoms with Gasteiger partial charge in [-0.3, -0.25) is 4.79 Å². The van der Waals surface area contributed by atoms with Crippen LogP contribution in [0.5, 0.6) is 0 Å². The number of rotatable bonds is 6. The molecule has 0 heterocycles. The third-order valence-corrected chi connectivity index (χ3v) is 4.25. The van der Waals surface area contributed by atoms with Crippen LogP contribution in [0.4, 0.5) is 0 Å². The molecule has 0 aromatic carbocycles. The average molecular weight is 294 g/mol. The van der Waals surface area contributed by atoms with Crippen LogP contribution in [0.3, 0.4) is 0 Å². The number of nitrogens with two attached hydrogens (primary N) is 1. The molecule has 6 nitrogen and oxygen atoms in total. The minimum atomic E-state index is -4.17. The number of hydrogen-bond donors (Lipinski definition) is 1. The highest BCUT2D eigenvalue weighted by Gasteiger charge is 2.31. The van der Waals surface area contributed by atoms with Crippen molar-refractivity contribution in [3.05, 3.63) is 12.2 Å². The maximum absolute atomic E-state index is 10.9. The summed E-state index contributed by atoms with van der Waals surface area (Å²) in [6.45, 7) is 9.27. The van der Waals surface area contributed by atoms with Crippen LogP contribution >= 0.6 is 0 Å². The molecule has 1 amide bonds. The van der Waals surface area contributed by atoms with Gasteiger partial charge >= 0.3 is 0 Å². The Morgan fingerprint density at radius 3 is 1.89 bits per heavy atom. The number of amides is 1. The Balaban J connectivity index is 0. The van der Waals surface area contributed by atoms with Gasteiger partial charge in [-0.2, -0.15) is 0 Å². The molecule has 0 aromatic rings. The highest BCUT2D eigenvalue weighted by atomic mass is 32.2. The van der Waals surface area contributed by atoms with Crippen LogP contribution in [-0.4, -0.2) is 49.4 Å². The van der Waals surface area contributed by atoms with Crippen LogP contribution < -0.4 is 5.73 Å². The van der Waals surface area contributed by atoms with Gasteiger partial charge in [0.25, 0.3) is 0 Å². The van der Waals surface area contributed by atoms with Crippen molar-refractivity contribution in [2.24, 2.45) is 5.73 Å². The second-order valence-corrected chi connectivity index (χ2v) is 6.53. The van der Waals surface area contributed by atoms with Crippen molar-refractivity contribution >= 4 is 16.0 Å². The van der Waals surface area contributed by atoms with E-state index in [4.69, 9.17) is 5.73 Å². The van der Waals surface area contributed by atoms with Crippen molar-refractivity contribution < 1.29 is 22.2 Å². The molecule has 0 aliphatic carbocycles. The SMILES string of the molecule is C=C(C)C(N)=O.CCC[N+](C)(C)C(CC)S(=O)(=O)[O-]. The molecule has 0 rings (SSSR count). The fraction of sp³-hybridized carbons (Fsp3) is 0.750. The van der Waals surface area contributed by atoms with Crippen molar-refractivity contribution in [3.8, 4) is 0 Å². The monoisotopic (exact) mass is 294 g/mol. The summed E-state index contributed by atoms with van der Waals surface area (Å²) in [5, 5.41) is -0.813. The Morgan fingerprint density at radius 1 is 1.37 bits per heavy atom. The zero-order valence-electron chi connectivity index (χ0n) is 12.5. The van der Waals surface area contributed by atoms with Crippen LogP contribution in [0.15, 0.2) is 12.2 Å². The molecule has 0 aliphatic rings. The molecule has 0 spiro atoms. The minimum Gasteiger partial charge on any atom is -0.743 e. The Labute approximate surface area is 116 Å². The lowest BCUT2D eigenvalue weighted by molar-refractivity contribution is -0.901. The van der Waals surface area contributed by atoms with Gasteiger partial charge in [0, 0.05) is 12.0 Å². The number of primary amides is 1. The lowest BCUT2D eigenvalue weighted by atomic mass is 10.3. The van der Waals surface area contributed by atoms with E-state index in [0.717, 1.165) is 6.42 Å². The van der Waals surface area contributed by atoms with E-state index in [0.29, 0.717) is 18.5 Å². The zero-order valence-corrected chi connectivity index (χ0v) is 13.3. The second kappa shape index (κ2) is 8.29. The van der Waals surface area contributed by atoms with E-state index in [1.165, 1.54) is 0 Å². The topological polar surface area (TPSA) is 100 Å². The van der Waals surface area contributed by atoms with Gasteiger partial charge in [0.05, 0.1) is 20.6 Å². The average Bonchev–Trinajstić information content (AvgIpc) is 2.15. The molecule has 0 fully saturated rings. The van der Waals surface area contributed by atoms with E-state index in [1.807, 2.05) is 6.92 Å². The Hall–Kier alpha value is -0.920. The zero-order chi connectivity index (χ0) is 15.9. The van der Waals surface area contributed by atoms with Crippen LogP contribution in [0.2, 0.25) is 0 Å². The van der Waals surface area contributed by atoms with Gasteiger partial charge in [-0.05, 0) is 13.3 Å². The summed E-state index contributed by atoms with van der Waals surface area (Å²) in [6.07, 6.45) is 1.25. The maximum Gasteiger partial charge on any atom is 0.243 e. The molecule has 7 heteroatoms. The Morgan fingerprint density at radius 2 is 1.74 bits per heavy atom. The molecule has 114 valence electrons. The van der Waals surface area contributed by atoms with Crippen molar-refractivity contribution in [2.45, 2.75) is 39.0 Å². The first-order valence-electron chi connectivity index (χ1n) is 6.12. The molecule has 19 heavy (non-hydrogen) atoms. The molecule has 1 unspecified atom stereocenters. The number of carbonyl (C=O) groups is 1. The predicted octanol–water partition coefficient (Wildman–Crippen LogP) is 0.802. The van der Waals surface area contributed by atoms with Gasteiger partial charge in [-0.15, -0.1) is 0 Å². The Kier molecular flexibility index (Phi) is 8.90. The van der Waals surface area contributed by atoms with E-state index in [-0.39, 0.29) is 4.48 Å². The van der Waals surface area contributed by atoms with E-state index in [1.54, 1.807) is 27.9 Å². The smallest absolute Gasteiger partial charge is 0.243 e. The summed E-state index contributed by atoms with van der Waals surface area (Å²) >= 11 is 0. The third kappa shape index (κ3) is 8.74. The number of nitrogens with zero attached hydrogens (tertiary/aromatic N) is 1. The summed E-state index contributed by atoms with van der Waals surface area (Å²) in [4.78, 5) is 9.82. The second-order valence-electron chi connectivity index (χ2n) is 5.00. The normalized spacial score (nSPS) is 13.2. The molecular weight excluding hydrogens is 268 g/mol. The van der Waals surface area contributed by atoms with Gasteiger partial charge in [0.2, 0.25) is 5.91 Å². The van der Waals surface area contributed by atoms with Crippen molar-refractivity contribution in [1.82, 2.24) is 0 Å². The maximum atomic E-state index is 10.9. The first-order chi connectivity index (χ1) is 8.40. The number of carbonyl (C=O) groups excluding carboxylic acids is 1. The van der Waals surface area contributed by atoms with E-state index in [9.17, 15) is 17.8 Å². The summed E-state index contributed by atoms with van der Waals surface area (Å²) in [6, 6.07) is 0. The third-order valence-electron chi connectivity index (χ3n) is 2.68. The van der Waals surface area contributed by atoms with E-state index >= 15 is 0 Å². The summed E-state index contributed by atoms with van der Waals surface area (Å²) < 4.78 is 33.0. The highest BCUT2D eigenvalue weighted by Crippen LogP contribution is 2.16. The summed E-state index contributed by atoms with van der Waals surface area (Å²) in [7, 11) is -0.603. The van der Waals surface area contributed by atoms with Gasteiger partial charge < -0.3 is 14.8 Å². The van der Waals surface area contributed by atoms with Gasteiger partial charge in [0.15, 0.2) is 5.37 Å². The quantitative estimate of drug-likeness (QED) is 0.445. The van der Waals surface area contributed by atoms with Crippen LogP contribution in [0.1, 0.15) is 33.6 Å². The standard InChI is InChI=1S/C8H19NO3S.C4H7NO/c1-5-7-9(3,4)8(6-2)13(10,11)12;1-3(2)4(5)6/h8H,5-7H2,1-4H3;1H2,2H3,(H2,5,6). The lowest BCUT2D eigenvalue weighted by Crippen LogP contribution is -2.52. The van der Waals surface area contributed by atoms with Crippen LogP contribution in [0.25, 0.3) is 0 Å². The van der Waals surface area contributed by atoms with E-state index < -0.39 is 21.4 Å². The van der Waals surface area contributed by atoms with Crippen molar-refractivity contribution in [2.75, 3.05) is 20.6 Å². The predicted molar refractivity (Wildman–Crippen MR) is 75.1 cm³/mol. The molecule has 0 aliphatic heterocycles. The molecule has 0 saturated carbocycles. The summed E-state index contributed by atoms with van der Waals surface area (Å²) in [5.41, 5.74) is 5.09. The van der Waals surface area contributed by atoms with Crippen molar-refractivity contribution in [1.29, 1.82) is 0 Å². The fourth-order valence-electron chi connectivity index (χ4n) is 1.77. The van der Waals surface area contributed by atoms with Gasteiger partial charge in [-0.1, -0.05) is 20.4 Å². The van der Waals surface area contributed by atoms with Crippen LogP contribution in [0, 0.1) is 0 Å². The molecule has 0 bridgehead atoms. The molecule has 1 atom stereocenters. The largest absolute Gasteiger partial charge is 0.743 e. The fourth-order valence-corrected chi connectivity index (χ4v) is 2.98. The minimum absolute atomic E-state index is 0.263. The van der Waals surface area contributed by atoms with Crippen molar-refractivity contribution in [3.63, 3.8) is 0 Å². The van der Waals surface area contributed by atoms with Gasteiger partial charge in [0.1, 0.15) is 10.1 Å². The van der Waals surface area contributed by atoms with Crippen LogP contribution in [-0.2, 0) is 14.9 Å². The molecule has 0 radical (unpaired) electrons. The summed E-state index contributed by atoms with van der Waals surface area (Å²) in [5.74, 6) is -0.435. The Bertz CT molecular complexity index is 390. The molecular formula is C12H26N2O4S. The number of quaternary nitrogens is 1. The lowest BCUT2D eigenvalue weighted by Gasteiger charge is -2.38. The first kappa shape index (κ1) is 20.4. The molecule has 0 aromatic heterocycles. The van der Waals surface area contributed by atoms with E-state index in [2.05, 4.69) is 6.58 Å². The molecule has 2 N–H and O–H groups in total. The highest BCUT2D eigenvalue weighted by molar-refractivity contribution is 7.86. The molecule has 0 saturated heterocycles.